The zero-order valence-corrected chi connectivity index (χ0v) is 15.0. The molecule has 0 unspecified atom stereocenters. The van der Waals surface area contributed by atoms with Gasteiger partial charge in [0.05, 0.1) is 13.0 Å². The second-order valence-corrected chi connectivity index (χ2v) is 6.38. The van der Waals surface area contributed by atoms with Gasteiger partial charge >= 0.3 is 0 Å². The maximum atomic E-state index is 12.3. The number of likely N-dealkylation sites (tertiary alicyclic amines) is 1. The number of carbonyl (C=O) groups is 2. The molecule has 0 spiro atoms. The molecule has 0 bridgehead atoms. The van der Waals surface area contributed by atoms with Gasteiger partial charge in [-0.15, -0.1) is 0 Å². The van der Waals surface area contributed by atoms with Crippen molar-refractivity contribution in [2.75, 3.05) is 25.0 Å². The van der Waals surface area contributed by atoms with Crippen LogP contribution in [0.15, 0.2) is 48.5 Å². The molecule has 0 aromatic heterocycles. The van der Waals surface area contributed by atoms with Crippen molar-refractivity contribution in [2.45, 2.75) is 26.2 Å². The molecule has 1 aliphatic heterocycles. The molecule has 2 aromatic carbocycles. The number of anilines is 1. The molecule has 5 nitrogen and oxygen atoms in total. The third-order valence-electron chi connectivity index (χ3n) is 4.41. The summed E-state index contributed by atoms with van der Waals surface area (Å²) >= 11 is 0. The van der Waals surface area contributed by atoms with E-state index in [0.29, 0.717) is 24.3 Å². The second-order valence-electron chi connectivity index (χ2n) is 6.38. The molecule has 1 aliphatic rings. The molecule has 0 saturated carbocycles. The number of amides is 2. The van der Waals surface area contributed by atoms with Gasteiger partial charge in [-0.25, -0.2) is 0 Å². The van der Waals surface area contributed by atoms with E-state index in [0.717, 1.165) is 37.2 Å². The SMILES string of the molecule is CCOc1ccc(CC(=O)Nc2ccc(C(=O)N3CCCC3)cc2)cc1. The van der Waals surface area contributed by atoms with Crippen LogP contribution in [-0.2, 0) is 11.2 Å². The molecule has 1 fully saturated rings. The van der Waals surface area contributed by atoms with Gasteiger partial charge in [0.15, 0.2) is 0 Å². The molecule has 1 saturated heterocycles. The van der Waals surface area contributed by atoms with Gasteiger partial charge in [0.25, 0.3) is 5.91 Å². The van der Waals surface area contributed by atoms with Gasteiger partial charge in [-0.1, -0.05) is 12.1 Å². The van der Waals surface area contributed by atoms with Gasteiger partial charge in [0.2, 0.25) is 5.91 Å². The van der Waals surface area contributed by atoms with Crippen LogP contribution >= 0.6 is 0 Å². The van der Waals surface area contributed by atoms with Gasteiger partial charge < -0.3 is 15.0 Å². The maximum absolute atomic E-state index is 12.3. The van der Waals surface area contributed by atoms with E-state index in [9.17, 15) is 9.59 Å². The van der Waals surface area contributed by atoms with E-state index < -0.39 is 0 Å². The highest BCUT2D eigenvalue weighted by atomic mass is 16.5. The van der Waals surface area contributed by atoms with Crippen molar-refractivity contribution in [2.24, 2.45) is 0 Å². The highest BCUT2D eigenvalue weighted by Crippen LogP contribution is 2.16. The molecule has 0 radical (unpaired) electrons. The van der Waals surface area contributed by atoms with E-state index in [1.54, 1.807) is 24.3 Å². The number of benzene rings is 2. The van der Waals surface area contributed by atoms with Crippen molar-refractivity contribution in [3.63, 3.8) is 0 Å². The molecular weight excluding hydrogens is 328 g/mol. The Morgan fingerprint density at radius 2 is 1.65 bits per heavy atom. The first kappa shape index (κ1) is 18.0. The molecule has 5 heteroatoms. The largest absolute Gasteiger partial charge is 0.494 e. The van der Waals surface area contributed by atoms with Gasteiger partial charge in [0, 0.05) is 24.3 Å². The van der Waals surface area contributed by atoms with Crippen LogP contribution in [0.4, 0.5) is 5.69 Å². The minimum Gasteiger partial charge on any atom is -0.494 e. The first-order valence-corrected chi connectivity index (χ1v) is 9.06. The summed E-state index contributed by atoms with van der Waals surface area (Å²) in [5, 5.41) is 2.87. The Kier molecular flexibility index (Phi) is 5.89. The van der Waals surface area contributed by atoms with Crippen molar-refractivity contribution in [1.29, 1.82) is 0 Å². The number of carbonyl (C=O) groups excluding carboxylic acids is 2. The Labute approximate surface area is 154 Å². The highest BCUT2D eigenvalue weighted by molar-refractivity contribution is 5.96. The fourth-order valence-corrected chi connectivity index (χ4v) is 3.06. The number of hydrogen-bond acceptors (Lipinski definition) is 3. The van der Waals surface area contributed by atoms with Gasteiger partial charge in [-0.05, 0) is 61.7 Å². The summed E-state index contributed by atoms with van der Waals surface area (Å²) in [4.78, 5) is 26.4. The zero-order valence-electron chi connectivity index (χ0n) is 15.0. The summed E-state index contributed by atoms with van der Waals surface area (Å²) in [6.45, 7) is 4.22. The van der Waals surface area contributed by atoms with Crippen LogP contribution in [0.1, 0.15) is 35.7 Å². The Hall–Kier alpha value is -2.82. The fraction of sp³-hybridized carbons (Fsp3) is 0.333. The lowest BCUT2D eigenvalue weighted by Crippen LogP contribution is -2.27. The summed E-state index contributed by atoms with van der Waals surface area (Å²) in [5.74, 6) is 0.775. The summed E-state index contributed by atoms with van der Waals surface area (Å²) < 4.78 is 5.40. The number of rotatable bonds is 6. The lowest BCUT2D eigenvalue weighted by molar-refractivity contribution is -0.115. The van der Waals surface area contributed by atoms with Crippen molar-refractivity contribution in [3.8, 4) is 5.75 Å². The molecule has 3 rings (SSSR count). The minimum absolute atomic E-state index is 0.0646. The van der Waals surface area contributed by atoms with Crippen LogP contribution in [0.2, 0.25) is 0 Å². The first-order chi connectivity index (χ1) is 12.7. The Balaban J connectivity index is 1.54. The van der Waals surface area contributed by atoms with Crippen LogP contribution in [0.3, 0.4) is 0 Å². The van der Waals surface area contributed by atoms with E-state index in [2.05, 4.69) is 5.32 Å². The zero-order chi connectivity index (χ0) is 18.4. The molecule has 1 N–H and O–H groups in total. The standard InChI is InChI=1S/C21H24N2O3/c1-2-26-19-11-5-16(6-12-19)15-20(24)22-18-9-7-17(8-10-18)21(25)23-13-3-4-14-23/h5-12H,2-4,13-15H2,1H3,(H,22,24). The van der Waals surface area contributed by atoms with Crippen LogP contribution in [0.25, 0.3) is 0 Å². The molecule has 2 aromatic rings. The van der Waals surface area contributed by atoms with Crippen LogP contribution in [0.5, 0.6) is 5.75 Å². The van der Waals surface area contributed by atoms with Crippen molar-refractivity contribution in [3.05, 3.63) is 59.7 Å². The molecule has 26 heavy (non-hydrogen) atoms. The maximum Gasteiger partial charge on any atom is 0.253 e. The number of nitrogens with zero attached hydrogens (tertiary/aromatic N) is 1. The average molecular weight is 352 g/mol. The molecular formula is C21H24N2O3. The highest BCUT2D eigenvalue weighted by Gasteiger charge is 2.19. The lowest BCUT2D eigenvalue weighted by Gasteiger charge is -2.15. The molecule has 0 atom stereocenters. The van der Waals surface area contributed by atoms with E-state index in [4.69, 9.17) is 4.74 Å². The predicted molar refractivity (Wildman–Crippen MR) is 102 cm³/mol. The molecule has 1 heterocycles. The quantitative estimate of drug-likeness (QED) is 0.866. The molecule has 2 amide bonds. The topological polar surface area (TPSA) is 58.6 Å². The number of nitrogens with one attached hydrogen (secondary N) is 1. The third-order valence-corrected chi connectivity index (χ3v) is 4.41. The predicted octanol–water partition coefficient (Wildman–Crippen LogP) is 3.50. The van der Waals surface area contributed by atoms with E-state index in [-0.39, 0.29) is 11.8 Å². The van der Waals surface area contributed by atoms with Gasteiger partial charge in [-0.2, -0.15) is 0 Å². The van der Waals surface area contributed by atoms with Gasteiger partial charge in [-0.3, -0.25) is 9.59 Å². The fourth-order valence-electron chi connectivity index (χ4n) is 3.06. The number of ether oxygens (including phenoxy) is 1. The summed E-state index contributed by atoms with van der Waals surface area (Å²) in [7, 11) is 0. The monoisotopic (exact) mass is 352 g/mol. The number of hydrogen-bond donors (Lipinski definition) is 1. The average Bonchev–Trinajstić information content (AvgIpc) is 3.18. The molecule has 0 aliphatic carbocycles. The van der Waals surface area contributed by atoms with Crippen molar-refractivity contribution >= 4 is 17.5 Å². The summed E-state index contributed by atoms with van der Waals surface area (Å²) in [6, 6.07) is 14.6. The summed E-state index contributed by atoms with van der Waals surface area (Å²) in [5.41, 5.74) is 2.28. The Morgan fingerprint density at radius 1 is 1.00 bits per heavy atom. The van der Waals surface area contributed by atoms with E-state index >= 15 is 0 Å². The van der Waals surface area contributed by atoms with Crippen LogP contribution < -0.4 is 10.1 Å². The van der Waals surface area contributed by atoms with Crippen LogP contribution in [0, 0.1) is 0 Å². The van der Waals surface area contributed by atoms with Crippen molar-refractivity contribution < 1.29 is 14.3 Å². The van der Waals surface area contributed by atoms with E-state index in [1.165, 1.54) is 0 Å². The van der Waals surface area contributed by atoms with Crippen LogP contribution in [-0.4, -0.2) is 36.4 Å². The Morgan fingerprint density at radius 3 is 2.27 bits per heavy atom. The lowest BCUT2D eigenvalue weighted by atomic mass is 10.1. The van der Waals surface area contributed by atoms with Gasteiger partial charge in [0.1, 0.15) is 5.75 Å². The smallest absolute Gasteiger partial charge is 0.253 e. The second kappa shape index (κ2) is 8.52. The third kappa shape index (κ3) is 4.63. The first-order valence-electron chi connectivity index (χ1n) is 9.06. The minimum atomic E-state index is -0.0900. The summed E-state index contributed by atoms with van der Waals surface area (Å²) in [6.07, 6.45) is 2.44. The van der Waals surface area contributed by atoms with Crippen molar-refractivity contribution in [1.82, 2.24) is 4.90 Å². The molecule has 136 valence electrons. The normalized spacial score (nSPS) is 13.5. The Bertz CT molecular complexity index is 748. The van der Waals surface area contributed by atoms with E-state index in [1.807, 2.05) is 36.1 Å².